The molecule has 2 rings (SSSR count). The van der Waals surface area contributed by atoms with E-state index < -0.39 is 0 Å². The van der Waals surface area contributed by atoms with Crippen LogP contribution in [0.25, 0.3) is 10.9 Å². The lowest BCUT2D eigenvalue weighted by atomic mass is 10.1. The van der Waals surface area contributed by atoms with Crippen molar-refractivity contribution < 1.29 is 5.11 Å². The molecule has 0 saturated heterocycles. The normalized spacial score (nSPS) is 10.5. The Hall–Kier alpha value is -1.81. The molecule has 1 heterocycles. The van der Waals surface area contributed by atoms with Crippen molar-refractivity contribution in [2.45, 2.75) is 0 Å². The Morgan fingerprint density at radius 1 is 1.33 bits per heavy atom. The summed E-state index contributed by atoms with van der Waals surface area (Å²) in [5.41, 5.74) is 8.22. The van der Waals surface area contributed by atoms with E-state index in [1.54, 1.807) is 6.20 Å². The summed E-state index contributed by atoms with van der Waals surface area (Å²) in [7, 11) is 0. The van der Waals surface area contributed by atoms with Crippen molar-refractivity contribution in [3.63, 3.8) is 0 Å². The van der Waals surface area contributed by atoms with E-state index in [9.17, 15) is 0 Å². The summed E-state index contributed by atoms with van der Waals surface area (Å²) in [4.78, 5) is 4.22. The molecule has 0 aliphatic rings. The third-order valence-corrected chi connectivity index (χ3v) is 2.23. The topological polar surface area (TPSA) is 71.2 Å². The summed E-state index contributed by atoms with van der Waals surface area (Å²) < 4.78 is 0. The number of nitrogens with two attached hydrogens (primary N) is 1. The van der Waals surface area contributed by atoms with Gasteiger partial charge >= 0.3 is 0 Å². The molecule has 0 amide bonds. The van der Waals surface area contributed by atoms with Crippen molar-refractivity contribution in [3.8, 4) is 0 Å². The summed E-state index contributed by atoms with van der Waals surface area (Å²) >= 11 is 0. The first-order chi connectivity index (χ1) is 7.33. The highest BCUT2D eigenvalue weighted by Crippen LogP contribution is 2.25. The Morgan fingerprint density at radius 3 is 3.00 bits per heavy atom. The van der Waals surface area contributed by atoms with Crippen molar-refractivity contribution >= 4 is 22.3 Å². The Kier molecular flexibility index (Phi) is 2.69. The molecule has 0 atom stereocenters. The van der Waals surface area contributed by atoms with Gasteiger partial charge in [-0.1, -0.05) is 0 Å². The van der Waals surface area contributed by atoms with Crippen LogP contribution in [-0.4, -0.2) is 23.2 Å². The van der Waals surface area contributed by atoms with E-state index in [-0.39, 0.29) is 6.61 Å². The van der Waals surface area contributed by atoms with Gasteiger partial charge in [0.2, 0.25) is 0 Å². The van der Waals surface area contributed by atoms with Crippen LogP contribution in [0.15, 0.2) is 30.5 Å². The lowest BCUT2D eigenvalue weighted by molar-refractivity contribution is 0.311. The molecule has 2 aromatic rings. The number of fused-ring (bicyclic) bond motifs is 1. The van der Waals surface area contributed by atoms with Crippen LogP contribution in [0, 0.1) is 0 Å². The van der Waals surface area contributed by atoms with E-state index >= 15 is 0 Å². The molecule has 0 unspecified atom stereocenters. The third kappa shape index (κ3) is 1.85. The number of hydrogen-bond donors (Lipinski definition) is 3. The van der Waals surface area contributed by atoms with Gasteiger partial charge in [0.05, 0.1) is 17.8 Å². The lowest BCUT2D eigenvalue weighted by Gasteiger charge is -2.09. The first kappa shape index (κ1) is 9.73. The molecule has 78 valence electrons. The van der Waals surface area contributed by atoms with E-state index in [4.69, 9.17) is 10.8 Å². The largest absolute Gasteiger partial charge is 0.397 e. The average Bonchev–Trinajstić information content (AvgIpc) is 2.29. The Bertz CT molecular complexity index is 470. The lowest BCUT2D eigenvalue weighted by Crippen LogP contribution is -2.06. The van der Waals surface area contributed by atoms with Crippen molar-refractivity contribution in [2.24, 2.45) is 0 Å². The van der Waals surface area contributed by atoms with Gasteiger partial charge in [0.15, 0.2) is 0 Å². The smallest absolute Gasteiger partial charge is 0.0951 e. The number of benzene rings is 1. The molecule has 15 heavy (non-hydrogen) atoms. The van der Waals surface area contributed by atoms with Gasteiger partial charge in [0.25, 0.3) is 0 Å². The fourth-order valence-electron chi connectivity index (χ4n) is 1.54. The van der Waals surface area contributed by atoms with Crippen molar-refractivity contribution in [1.82, 2.24) is 4.98 Å². The minimum Gasteiger partial charge on any atom is -0.397 e. The number of nitrogens with zero attached hydrogens (tertiary/aromatic N) is 1. The van der Waals surface area contributed by atoms with Crippen LogP contribution in [0.2, 0.25) is 0 Å². The molecule has 0 radical (unpaired) electrons. The first-order valence-corrected chi connectivity index (χ1v) is 4.81. The number of aliphatic hydroxyl groups excluding tert-OH is 1. The zero-order valence-electron chi connectivity index (χ0n) is 8.27. The summed E-state index contributed by atoms with van der Waals surface area (Å²) in [6, 6.07) is 7.54. The molecule has 4 nitrogen and oxygen atoms in total. The number of nitrogen functional groups attached to an aromatic ring is 1. The number of aromatic nitrogens is 1. The minimum atomic E-state index is 0.103. The van der Waals surface area contributed by atoms with Gasteiger partial charge in [-0.15, -0.1) is 0 Å². The highest BCUT2D eigenvalue weighted by atomic mass is 16.3. The monoisotopic (exact) mass is 203 g/mol. The van der Waals surface area contributed by atoms with Gasteiger partial charge in [-0.05, 0) is 24.3 Å². The van der Waals surface area contributed by atoms with Gasteiger partial charge in [-0.2, -0.15) is 0 Å². The molecule has 0 fully saturated rings. The molecule has 0 aliphatic carbocycles. The predicted molar refractivity (Wildman–Crippen MR) is 61.7 cm³/mol. The summed E-state index contributed by atoms with van der Waals surface area (Å²) in [5, 5.41) is 12.8. The fraction of sp³-hybridized carbons (Fsp3) is 0.182. The average molecular weight is 203 g/mol. The number of hydrogen-bond acceptors (Lipinski definition) is 4. The fourth-order valence-corrected chi connectivity index (χ4v) is 1.54. The second-order valence-electron chi connectivity index (χ2n) is 3.25. The van der Waals surface area contributed by atoms with Crippen LogP contribution in [0.3, 0.4) is 0 Å². The molecule has 1 aromatic carbocycles. The van der Waals surface area contributed by atoms with E-state index in [0.717, 1.165) is 16.6 Å². The van der Waals surface area contributed by atoms with E-state index in [2.05, 4.69) is 10.3 Å². The molecule has 0 aliphatic heterocycles. The van der Waals surface area contributed by atoms with Crippen molar-refractivity contribution in [1.29, 1.82) is 0 Å². The van der Waals surface area contributed by atoms with Crippen LogP contribution in [0.5, 0.6) is 0 Å². The van der Waals surface area contributed by atoms with Crippen LogP contribution in [-0.2, 0) is 0 Å². The maximum Gasteiger partial charge on any atom is 0.0951 e. The number of pyridine rings is 1. The van der Waals surface area contributed by atoms with E-state index in [1.165, 1.54) is 0 Å². The number of rotatable bonds is 3. The van der Waals surface area contributed by atoms with Crippen LogP contribution < -0.4 is 11.1 Å². The van der Waals surface area contributed by atoms with Gasteiger partial charge in [-0.25, -0.2) is 0 Å². The highest BCUT2D eigenvalue weighted by Gasteiger charge is 2.03. The van der Waals surface area contributed by atoms with Crippen molar-refractivity contribution in [3.05, 3.63) is 30.5 Å². The van der Waals surface area contributed by atoms with Gasteiger partial charge in [0, 0.05) is 23.8 Å². The maximum atomic E-state index is 8.75. The number of nitrogens with one attached hydrogen (secondary N) is 1. The molecular formula is C11H13N3O. The minimum absolute atomic E-state index is 0.103. The van der Waals surface area contributed by atoms with Crippen LogP contribution in [0.4, 0.5) is 11.4 Å². The Morgan fingerprint density at radius 2 is 2.20 bits per heavy atom. The first-order valence-electron chi connectivity index (χ1n) is 4.81. The quantitative estimate of drug-likeness (QED) is 0.656. The molecule has 0 saturated carbocycles. The number of anilines is 2. The van der Waals surface area contributed by atoms with Gasteiger partial charge < -0.3 is 16.2 Å². The van der Waals surface area contributed by atoms with Crippen LogP contribution >= 0.6 is 0 Å². The predicted octanol–water partition coefficient (Wildman–Crippen LogP) is 1.22. The van der Waals surface area contributed by atoms with E-state index in [1.807, 2.05) is 24.3 Å². The summed E-state index contributed by atoms with van der Waals surface area (Å²) in [6.45, 7) is 0.625. The Balaban J connectivity index is 2.51. The maximum absolute atomic E-state index is 8.75. The second kappa shape index (κ2) is 4.14. The zero-order chi connectivity index (χ0) is 10.7. The molecule has 4 N–H and O–H groups in total. The van der Waals surface area contributed by atoms with Crippen LogP contribution in [0.1, 0.15) is 0 Å². The standard InChI is InChI=1S/C11H13N3O/c12-9-3-4-10(13-6-7-15)8-2-1-5-14-11(8)9/h1-5,13,15H,6-7,12H2. The third-order valence-electron chi connectivity index (χ3n) is 2.23. The van der Waals surface area contributed by atoms with Gasteiger partial charge in [-0.3, -0.25) is 4.98 Å². The zero-order valence-corrected chi connectivity index (χ0v) is 8.27. The molecule has 4 heteroatoms. The summed E-state index contributed by atoms with van der Waals surface area (Å²) in [6.07, 6.45) is 1.72. The van der Waals surface area contributed by atoms with Gasteiger partial charge in [0.1, 0.15) is 0 Å². The van der Waals surface area contributed by atoms with Crippen molar-refractivity contribution in [2.75, 3.05) is 24.2 Å². The number of aliphatic hydroxyl groups is 1. The summed E-state index contributed by atoms with van der Waals surface area (Å²) in [5.74, 6) is 0. The molecule has 1 aromatic heterocycles. The molecular weight excluding hydrogens is 190 g/mol. The Labute approximate surface area is 87.7 Å². The van der Waals surface area contributed by atoms with E-state index in [0.29, 0.717) is 12.2 Å². The second-order valence-corrected chi connectivity index (χ2v) is 3.25. The highest BCUT2D eigenvalue weighted by molar-refractivity contribution is 5.98. The SMILES string of the molecule is Nc1ccc(NCCO)c2cccnc12. The molecule has 0 bridgehead atoms. The molecule has 0 spiro atoms.